The first-order valence-electron chi connectivity index (χ1n) is 9.45. The Morgan fingerprint density at radius 1 is 1.00 bits per heavy atom. The van der Waals surface area contributed by atoms with Crippen LogP contribution in [0.4, 0.5) is 0 Å². The lowest BCUT2D eigenvalue weighted by Gasteiger charge is -2.34. The van der Waals surface area contributed by atoms with Gasteiger partial charge in [-0.1, -0.05) is 29.8 Å². The Kier molecular flexibility index (Phi) is 7.21. The van der Waals surface area contributed by atoms with Gasteiger partial charge in [0.2, 0.25) is 15.9 Å². The van der Waals surface area contributed by atoms with Crippen LogP contribution in [-0.2, 0) is 20.6 Å². The summed E-state index contributed by atoms with van der Waals surface area (Å²) >= 11 is 1.56. The van der Waals surface area contributed by atoms with E-state index in [2.05, 4.69) is 0 Å². The number of piperazine rings is 1. The van der Waals surface area contributed by atoms with Gasteiger partial charge in [-0.15, -0.1) is 11.8 Å². The van der Waals surface area contributed by atoms with Crippen molar-refractivity contribution in [2.45, 2.75) is 17.6 Å². The average molecular weight is 435 g/mol. The van der Waals surface area contributed by atoms with Gasteiger partial charge in [0.05, 0.1) is 17.8 Å². The summed E-state index contributed by atoms with van der Waals surface area (Å²) < 4.78 is 32.1. The number of nitrogens with zero attached hydrogens (tertiary/aromatic N) is 2. The van der Waals surface area contributed by atoms with Crippen LogP contribution >= 0.6 is 11.8 Å². The molecular weight excluding hydrogens is 408 g/mol. The van der Waals surface area contributed by atoms with Crippen molar-refractivity contribution in [1.29, 1.82) is 0 Å². The zero-order chi connectivity index (χ0) is 20.9. The van der Waals surface area contributed by atoms with Gasteiger partial charge in [-0.05, 0) is 36.8 Å². The molecule has 1 aliphatic heterocycles. The van der Waals surface area contributed by atoms with Crippen molar-refractivity contribution in [3.8, 4) is 5.75 Å². The largest absolute Gasteiger partial charge is 0.497 e. The number of aryl methyl sites for hydroxylation is 1. The molecule has 0 atom stereocenters. The standard InChI is InChI=1S/C21H26N2O4S2/c1-17-3-9-20(10-4-17)29(25,26)23-13-11-22(12-14-23)21(24)16-28-15-18-5-7-19(27-2)8-6-18/h3-10H,11-16H2,1-2H3. The molecule has 6 nitrogen and oxygen atoms in total. The maximum Gasteiger partial charge on any atom is 0.243 e. The van der Waals surface area contributed by atoms with Gasteiger partial charge in [-0.3, -0.25) is 4.79 Å². The van der Waals surface area contributed by atoms with Crippen LogP contribution in [0.25, 0.3) is 0 Å². The number of benzene rings is 2. The van der Waals surface area contributed by atoms with E-state index in [0.717, 1.165) is 22.6 Å². The quantitative estimate of drug-likeness (QED) is 0.670. The number of hydrogen-bond donors (Lipinski definition) is 0. The molecule has 0 bridgehead atoms. The van der Waals surface area contributed by atoms with Crippen LogP contribution in [0, 0.1) is 6.92 Å². The van der Waals surface area contributed by atoms with E-state index in [1.54, 1.807) is 48.0 Å². The topological polar surface area (TPSA) is 66.9 Å². The molecule has 0 radical (unpaired) electrons. The van der Waals surface area contributed by atoms with Crippen molar-refractivity contribution < 1.29 is 17.9 Å². The average Bonchev–Trinajstić information content (AvgIpc) is 2.74. The van der Waals surface area contributed by atoms with Crippen LogP contribution in [0.2, 0.25) is 0 Å². The van der Waals surface area contributed by atoms with E-state index in [0.29, 0.717) is 36.8 Å². The molecule has 0 saturated carbocycles. The Morgan fingerprint density at radius 3 is 2.21 bits per heavy atom. The van der Waals surface area contributed by atoms with Gasteiger partial charge >= 0.3 is 0 Å². The second-order valence-electron chi connectivity index (χ2n) is 6.94. The van der Waals surface area contributed by atoms with E-state index < -0.39 is 10.0 Å². The number of hydrogen-bond acceptors (Lipinski definition) is 5. The lowest BCUT2D eigenvalue weighted by atomic mass is 10.2. The van der Waals surface area contributed by atoms with Gasteiger partial charge < -0.3 is 9.64 Å². The highest BCUT2D eigenvalue weighted by Crippen LogP contribution is 2.20. The number of thioether (sulfide) groups is 1. The molecule has 0 unspecified atom stereocenters. The molecule has 1 aliphatic rings. The number of carbonyl (C=O) groups is 1. The second kappa shape index (κ2) is 9.65. The van der Waals surface area contributed by atoms with Crippen LogP contribution in [0.5, 0.6) is 5.75 Å². The molecule has 1 heterocycles. The van der Waals surface area contributed by atoms with Crippen LogP contribution in [0.1, 0.15) is 11.1 Å². The van der Waals surface area contributed by atoms with Crippen molar-refractivity contribution in [2.24, 2.45) is 0 Å². The zero-order valence-electron chi connectivity index (χ0n) is 16.7. The van der Waals surface area contributed by atoms with Crippen molar-refractivity contribution in [1.82, 2.24) is 9.21 Å². The first-order valence-corrected chi connectivity index (χ1v) is 12.0. The van der Waals surface area contributed by atoms with E-state index in [1.807, 2.05) is 31.2 Å². The molecule has 3 rings (SSSR count). The number of carbonyl (C=O) groups excluding carboxylic acids is 1. The molecule has 0 N–H and O–H groups in total. The number of ether oxygens (including phenoxy) is 1. The highest BCUT2D eigenvalue weighted by atomic mass is 32.2. The SMILES string of the molecule is COc1ccc(CSCC(=O)N2CCN(S(=O)(=O)c3ccc(C)cc3)CC2)cc1. The number of sulfonamides is 1. The van der Waals surface area contributed by atoms with Gasteiger partial charge in [0.25, 0.3) is 0 Å². The fraction of sp³-hybridized carbons (Fsp3) is 0.381. The summed E-state index contributed by atoms with van der Waals surface area (Å²) in [4.78, 5) is 14.5. The Balaban J connectivity index is 1.47. The van der Waals surface area contributed by atoms with E-state index in [1.165, 1.54) is 4.31 Å². The Hall–Kier alpha value is -2.03. The van der Waals surface area contributed by atoms with Crippen molar-refractivity contribution >= 4 is 27.7 Å². The fourth-order valence-corrected chi connectivity index (χ4v) is 5.42. The molecule has 1 amide bonds. The Morgan fingerprint density at radius 2 is 1.62 bits per heavy atom. The fourth-order valence-electron chi connectivity index (χ4n) is 3.11. The molecule has 29 heavy (non-hydrogen) atoms. The highest BCUT2D eigenvalue weighted by molar-refractivity contribution is 7.99. The first kappa shape index (κ1) is 21.7. The van der Waals surface area contributed by atoms with Crippen LogP contribution in [0.3, 0.4) is 0 Å². The van der Waals surface area contributed by atoms with Crippen LogP contribution in [-0.4, -0.2) is 62.6 Å². The monoisotopic (exact) mass is 434 g/mol. The molecule has 0 aliphatic carbocycles. The third-order valence-electron chi connectivity index (χ3n) is 4.90. The molecule has 8 heteroatoms. The lowest BCUT2D eigenvalue weighted by molar-refractivity contribution is -0.129. The minimum atomic E-state index is -3.51. The smallest absolute Gasteiger partial charge is 0.243 e. The molecule has 1 fully saturated rings. The Bertz CT molecular complexity index is 920. The number of methoxy groups -OCH3 is 1. The first-order chi connectivity index (χ1) is 13.9. The molecule has 2 aromatic carbocycles. The molecule has 0 spiro atoms. The minimum Gasteiger partial charge on any atom is -0.497 e. The minimum absolute atomic E-state index is 0.0518. The van der Waals surface area contributed by atoms with Gasteiger partial charge in [-0.25, -0.2) is 8.42 Å². The second-order valence-corrected chi connectivity index (χ2v) is 9.86. The van der Waals surface area contributed by atoms with Crippen molar-refractivity contribution in [3.05, 3.63) is 59.7 Å². The summed E-state index contributed by atoms with van der Waals surface area (Å²) in [6.07, 6.45) is 0. The van der Waals surface area contributed by atoms with E-state index in [-0.39, 0.29) is 5.91 Å². The van der Waals surface area contributed by atoms with Crippen LogP contribution < -0.4 is 4.74 Å². The van der Waals surface area contributed by atoms with Crippen LogP contribution in [0.15, 0.2) is 53.4 Å². The van der Waals surface area contributed by atoms with E-state index >= 15 is 0 Å². The van der Waals surface area contributed by atoms with Gasteiger partial charge in [0.1, 0.15) is 5.75 Å². The Labute approximate surface area is 176 Å². The summed E-state index contributed by atoms with van der Waals surface area (Å²) in [7, 11) is -1.87. The molecule has 2 aromatic rings. The molecule has 156 valence electrons. The van der Waals surface area contributed by atoms with E-state index in [9.17, 15) is 13.2 Å². The van der Waals surface area contributed by atoms with Gasteiger partial charge in [0.15, 0.2) is 0 Å². The third kappa shape index (κ3) is 5.52. The summed E-state index contributed by atoms with van der Waals surface area (Å²) in [6.45, 7) is 3.42. The van der Waals surface area contributed by atoms with Gasteiger partial charge in [-0.2, -0.15) is 4.31 Å². The highest BCUT2D eigenvalue weighted by Gasteiger charge is 2.29. The summed E-state index contributed by atoms with van der Waals surface area (Å²) in [5.74, 6) is 2.00. The predicted octanol–water partition coefficient (Wildman–Crippen LogP) is 2.77. The maximum atomic E-state index is 12.8. The zero-order valence-corrected chi connectivity index (χ0v) is 18.3. The molecule has 1 saturated heterocycles. The lowest BCUT2D eigenvalue weighted by Crippen LogP contribution is -2.50. The van der Waals surface area contributed by atoms with Crippen molar-refractivity contribution in [3.63, 3.8) is 0 Å². The molecule has 0 aromatic heterocycles. The summed E-state index contributed by atoms with van der Waals surface area (Å²) in [6, 6.07) is 14.7. The third-order valence-corrected chi connectivity index (χ3v) is 7.80. The summed E-state index contributed by atoms with van der Waals surface area (Å²) in [5.41, 5.74) is 2.16. The normalized spacial score (nSPS) is 15.3. The number of rotatable bonds is 7. The molecular formula is C21H26N2O4S2. The predicted molar refractivity (Wildman–Crippen MR) is 116 cm³/mol. The summed E-state index contributed by atoms with van der Waals surface area (Å²) in [5, 5.41) is 0. The van der Waals surface area contributed by atoms with E-state index in [4.69, 9.17) is 4.74 Å². The van der Waals surface area contributed by atoms with Crippen molar-refractivity contribution in [2.75, 3.05) is 39.0 Å². The maximum absolute atomic E-state index is 12.8. The number of amides is 1. The van der Waals surface area contributed by atoms with Gasteiger partial charge in [0, 0.05) is 31.9 Å².